The Labute approximate surface area is 109 Å². The largest absolute Gasteiger partial charge is 0.363 e. The molecule has 0 unspecified atom stereocenters. The van der Waals surface area contributed by atoms with E-state index in [1.807, 2.05) is 6.20 Å². The lowest BCUT2D eigenvalue weighted by Crippen LogP contribution is -2.36. The molecule has 4 nitrogen and oxygen atoms in total. The maximum atomic E-state index is 5.16. The van der Waals surface area contributed by atoms with Gasteiger partial charge in [0.05, 0.1) is 6.33 Å². The van der Waals surface area contributed by atoms with Crippen molar-refractivity contribution in [3.63, 3.8) is 0 Å². The van der Waals surface area contributed by atoms with Crippen LogP contribution in [0.5, 0.6) is 0 Å². The first-order chi connectivity index (χ1) is 8.33. The van der Waals surface area contributed by atoms with Crippen molar-refractivity contribution >= 4 is 17.3 Å². The zero-order chi connectivity index (χ0) is 12.3. The molecular formula is C12H22N4S. The summed E-state index contributed by atoms with van der Waals surface area (Å²) in [6.07, 6.45) is 9.28. The van der Waals surface area contributed by atoms with Crippen LogP contribution in [0, 0.1) is 0 Å². The summed E-state index contributed by atoms with van der Waals surface area (Å²) in [5.74, 6) is 0. The second kappa shape index (κ2) is 8.98. The topological polar surface area (TPSA) is 52.7 Å². The van der Waals surface area contributed by atoms with Gasteiger partial charge in [-0.25, -0.2) is 4.98 Å². The molecule has 0 atom stereocenters. The lowest BCUT2D eigenvalue weighted by molar-refractivity contribution is 0.686. The van der Waals surface area contributed by atoms with E-state index >= 15 is 0 Å². The van der Waals surface area contributed by atoms with E-state index in [1.54, 1.807) is 6.33 Å². The molecule has 0 aliphatic carbocycles. The lowest BCUT2D eigenvalue weighted by atomic mass is 10.2. The van der Waals surface area contributed by atoms with E-state index in [0.717, 1.165) is 37.5 Å². The normalized spacial score (nSPS) is 10.2. The molecule has 0 radical (unpaired) electrons. The SMILES string of the molecule is CCCCNC(=S)NCCCCc1cnc[nH]1. The summed E-state index contributed by atoms with van der Waals surface area (Å²) in [5, 5.41) is 7.19. The van der Waals surface area contributed by atoms with Crippen LogP contribution >= 0.6 is 12.2 Å². The molecule has 0 fully saturated rings. The van der Waals surface area contributed by atoms with Crippen molar-refractivity contribution in [2.75, 3.05) is 13.1 Å². The van der Waals surface area contributed by atoms with Crippen LogP contribution in [0.2, 0.25) is 0 Å². The first kappa shape index (κ1) is 14.0. The van der Waals surface area contributed by atoms with Crippen LogP contribution in [0.25, 0.3) is 0 Å². The Morgan fingerprint density at radius 1 is 1.29 bits per heavy atom. The Kier molecular flexibility index (Phi) is 7.38. The minimum absolute atomic E-state index is 0.778. The molecule has 17 heavy (non-hydrogen) atoms. The number of hydrogen-bond acceptors (Lipinski definition) is 2. The highest BCUT2D eigenvalue weighted by Gasteiger charge is 1.96. The van der Waals surface area contributed by atoms with Gasteiger partial charge in [-0.3, -0.25) is 0 Å². The predicted molar refractivity (Wildman–Crippen MR) is 75.0 cm³/mol. The van der Waals surface area contributed by atoms with Crippen molar-refractivity contribution in [2.24, 2.45) is 0 Å². The fourth-order valence-electron chi connectivity index (χ4n) is 1.50. The molecule has 1 aromatic rings. The van der Waals surface area contributed by atoms with Gasteiger partial charge in [0.1, 0.15) is 0 Å². The number of rotatable bonds is 8. The second-order valence-corrected chi connectivity index (χ2v) is 4.48. The zero-order valence-corrected chi connectivity index (χ0v) is 11.3. The molecule has 1 rings (SSSR count). The van der Waals surface area contributed by atoms with Crippen LogP contribution in [0.1, 0.15) is 38.3 Å². The maximum Gasteiger partial charge on any atom is 0.166 e. The number of imidazole rings is 1. The van der Waals surface area contributed by atoms with E-state index in [0.29, 0.717) is 0 Å². The van der Waals surface area contributed by atoms with E-state index in [9.17, 15) is 0 Å². The van der Waals surface area contributed by atoms with Gasteiger partial charge in [0.15, 0.2) is 5.11 Å². The molecule has 1 heterocycles. The van der Waals surface area contributed by atoms with Crippen LogP contribution in [0.4, 0.5) is 0 Å². The minimum atomic E-state index is 0.778. The summed E-state index contributed by atoms with van der Waals surface area (Å²) in [6.45, 7) is 4.08. The van der Waals surface area contributed by atoms with Gasteiger partial charge in [-0.2, -0.15) is 0 Å². The number of nitrogens with one attached hydrogen (secondary N) is 3. The summed E-state index contributed by atoms with van der Waals surface area (Å²) < 4.78 is 0. The van der Waals surface area contributed by atoms with Crippen LogP contribution in [-0.4, -0.2) is 28.2 Å². The third-order valence-electron chi connectivity index (χ3n) is 2.53. The average molecular weight is 254 g/mol. The van der Waals surface area contributed by atoms with Crippen molar-refractivity contribution in [3.8, 4) is 0 Å². The molecule has 0 spiro atoms. The van der Waals surface area contributed by atoms with Crippen molar-refractivity contribution in [1.82, 2.24) is 20.6 Å². The van der Waals surface area contributed by atoms with Crippen LogP contribution in [0.15, 0.2) is 12.5 Å². The summed E-state index contributed by atoms with van der Waals surface area (Å²) >= 11 is 5.16. The summed E-state index contributed by atoms with van der Waals surface area (Å²) in [6, 6.07) is 0. The van der Waals surface area contributed by atoms with Crippen molar-refractivity contribution < 1.29 is 0 Å². The number of aryl methyl sites for hydroxylation is 1. The Bertz CT molecular complexity index is 297. The van der Waals surface area contributed by atoms with Gasteiger partial charge < -0.3 is 15.6 Å². The van der Waals surface area contributed by atoms with Crippen LogP contribution in [0.3, 0.4) is 0 Å². The van der Waals surface area contributed by atoms with Gasteiger partial charge in [0.25, 0.3) is 0 Å². The number of aromatic nitrogens is 2. The molecule has 1 aromatic heterocycles. The fourth-order valence-corrected chi connectivity index (χ4v) is 1.71. The van der Waals surface area contributed by atoms with E-state index in [2.05, 4.69) is 27.5 Å². The number of thiocarbonyl (C=S) groups is 1. The third-order valence-corrected chi connectivity index (χ3v) is 2.82. The number of H-pyrrole nitrogens is 1. The first-order valence-corrected chi connectivity index (χ1v) is 6.72. The van der Waals surface area contributed by atoms with Crippen LogP contribution < -0.4 is 10.6 Å². The minimum Gasteiger partial charge on any atom is -0.363 e. The average Bonchev–Trinajstić information content (AvgIpc) is 2.82. The van der Waals surface area contributed by atoms with Crippen molar-refractivity contribution in [3.05, 3.63) is 18.2 Å². The molecule has 5 heteroatoms. The summed E-state index contributed by atoms with van der Waals surface area (Å²) in [7, 11) is 0. The van der Waals surface area contributed by atoms with Gasteiger partial charge in [-0.05, 0) is 37.9 Å². The molecule has 0 aliphatic rings. The highest BCUT2D eigenvalue weighted by atomic mass is 32.1. The molecule has 0 aromatic carbocycles. The van der Waals surface area contributed by atoms with E-state index in [-0.39, 0.29) is 0 Å². The highest BCUT2D eigenvalue weighted by molar-refractivity contribution is 7.80. The zero-order valence-electron chi connectivity index (χ0n) is 10.5. The molecule has 0 aliphatic heterocycles. The van der Waals surface area contributed by atoms with E-state index in [4.69, 9.17) is 12.2 Å². The maximum absolute atomic E-state index is 5.16. The van der Waals surface area contributed by atoms with Gasteiger partial charge in [0, 0.05) is 25.0 Å². The number of nitrogens with zero attached hydrogens (tertiary/aromatic N) is 1. The fraction of sp³-hybridized carbons (Fsp3) is 0.667. The number of hydrogen-bond donors (Lipinski definition) is 3. The van der Waals surface area contributed by atoms with Crippen molar-refractivity contribution in [2.45, 2.75) is 39.0 Å². The third kappa shape index (κ3) is 6.94. The van der Waals surface area contributed by atoms with E-state index < -0.39 is 0 Å². The highest BCUT2D eigenvalue weighted by Crippen LogP contribution is 1.99. The Morgan fingerprint density at radius 2 is 2.06 bits per heavy atom. The molecule has 3 N–H and O–H groups in total. The van der Waals surface area contributed by atoms with Gasteiger partial charge in [-0.1, -0.05) is 13.3 Å². The quantitative estimate of drug-likeness (QED) is 0.490. The second-order valence-electron chi connectivity index (χ2n) is 4.07. The van der Waals surface area contributed by atoms with Gasteiger partial charge >= 0.3 is 0 Å². The first-order valence-electron chi connectivity index (χ1n) is 6.32. The van der Waals surface area contributed by atoms with E-state index in [1.165, 1.54) is 18.5 Å². The van der Waals surface area contributed by atoms with Crippen molar-refractivity contribution in [1.29, 1.82) is 0 Å². The summed E-state index contributed by atoms with van der Waals surface area (Å²) in [4.78, 5) is 7.09. The Morgan fingerprint density at radius 3 is 2.71 bits per heavy atom. The molecular weight excluding hydrogens is 232 g/mol. The number of unbranched alkanes of at least 4 members (excludes halogenated alkanes) is 2. The molecule has 96 valence electrons. The lowest BCUT2D eigenvalue weighted by Gasteiger charge is -2.09. The Balaban J connectivity index is 1.91. The smallest absolute Gasteiger partial charge is 0.166 e. The Hall–Kier alpha value is -1.10. The standard InChI is InChI=1S/C12H22N4S/c1-2-3-7-14-12(17)15-8-5-4-6-11-9-13-10-16-11/h9-10H,2-8H2,1H3,(H,13,16)(H2,14,15,17). The molecule has 0 saturated carbocycles. The number of aromatic amines is 1. The van der Waals surface area contributed by atoms with Crippen LogP contribution in [-0.2, 0) is 6.42 Å². The molecule has 0 bridgehead atoms. The molecule has 0 saturated heterocycles. The monoisotopic (exact) mass is 254 g/mol. The van der Waals surface area contributed by atoms with Gasteiger partial charge in [-0.15, -0.1) is 0 Å². The predicted octanol–water partition coefficient (Wildman–Crippen LogP) is 2.00. The summed E-state index contributed by atoms with van der Waals surface area (Å²) in [5.41, 5.74) is 1.20. The van der Waals surface area contributed by atoms with Gasteiger partial charge in [0.2, 0.25) is 0 Å². The molecule has 0 amide bonds.